The molecule has 0 fully saturated rings. The Kier molecular flexibility index (Phi) is 6.94. The average molecular weight is 275 g/mol. The van der Waals surface area contributed by atoms with Crippen molar-refractivity contribution in [1.29, 1.82) is 0 Å². The first-order chi connectivity index (χ1) is 8.20. The Bertz CT molecular complexity index is 463. The predicted molar refractivity (Wildman–Crippen MR) is 69.6 cm³/mol. The number of benzene rings is 1. The third kappa shape index (κ3) is 10.9. The highest BCUT2D eigenvalue weighted by Crippen LogP contribution is 1.99. The van der Waals surface area contributed by atoms with E-state index in [-0.39, 0.29) is 0 Å². The molecule has 1 aromatic rings. The number of nitrogens with zero attached hydrogens (tertiary/aromatic N) is 2. The molecule has 0 unspecified atom stereocenters. The average Bonchev–Trinajstić information content (AvgIpc) is 2.25. The molecule has 0 atom stereocenters. The molecule has 102 valence electrons. The molecule has 0 saturated heterocycles. The van der Waals surface area contributed by atoms with Crippen molar-refractivity contribution in [3.05, 3.63) is 35.9 Å². The normalized spacial score (nSPS) is 11.4. The van der Waals surface area contributed by atoms with Crippen molar-refractivity contribution in [3.8, 4) is 0 Å². The first kappa shape index (κ1) is 16.4. The molecule has 1 aromatic carbocycles. The Hall–Kier alpha value is -1.64. The molecule has 0 aromatic heterocycles. The Balaban J connectivity index is 0.000000494. The summed E-state index contributed by atoms with van der Waals surface area (Å²) in [5.41, 5.74) is 6.81. The fraction of sp³-hybridized carbons (Fsp3) is 0.300. The van der Waals surface area contributed by atoms with Crippen molar-refractivity contribution in [2.24, 2.45) is 10.7 Å². The minimum absolute atomic E-state index is 0.559. The zero-order chi connectivity index (χ0) is 14.2. The molecule has 8 heteroatoms. The summed E-state index contributed by atoms with van der Waals surface area (Å²) in [6, 6.07) is 10.1. The highest BCUT2D eigenvalue weighted by molar-refractivity contribution is 7.79. The van der Waals surface area contributed by atoms with Crippen LogP contribution in [0.3, 0.4) is 0 Å². The van der Waals surface area contributed by atoms with E-state index in [0.29, 0.717) is 12.5 Å². The van der Waals surface area contributed by atoms with E-state index >= 15 is 0 Å². The van der Waals surface area contributed by atoms with Gasteiger partial charge < -0.3 is 10.6 Å². The zero-order valence-corrected chi connectivity index (χ0v) is 11.0. The van der Waals surface area contributed by atoms with Crippen LogP contribution in [0.25, 0.3) is 0 Å². The van der Waals surface area contributed by atoms with Crippen LogP contribution in [0, 0.1) is 0 Å². The molecule has 4 N–H and O–H groups in total. The van der Waals surface area contributed by atoms with Crippen molar-refractivity contribution < 1.29 is 17.5 Å². The monoisotopic (exact) mass is 275 g/mol. The molecule has 18 heavy (non-hydrogen) atoms. The van der Waals surface area contributed by atoms with E-state index in [2.05, 4.69) is 4.99 Å². The summed E-state index contributed by atoms with van der Waals surface area (Å²) in [5.74, 6) is 0.559. The number of aliphatic imine (C=N–C) groups is 1. The van der Waals surface area contributed by atoms with E-state index in [9.17, 15) is 0 Å². The summed E-state index contributed by atoms with van der Waals surface area (Å²) in [6.45, 7) is 0.644. The van der Waals surface area contributed by atoms with Crippen LogP contribution < -0.4 is 5.73 Å². The summed E-state index contributed by atoms with van der Waals surface area (Å²) in [5, 5.41) is 0. The van der Waals surface area contributed by atoms with E-state index < -0.39 is 10.4 Å². The number of guanidine groups is 1. The third-order valence-corrected chi connectivity index (χ3v) is 1.72. The minimum Gasteiger partial charge on any atom is -0.370 e. The van der Waals surface area contributed by atoms with Crippen LogP contribution in [-0.2, 0) is 16.9 Å². The molecule has 0 saturated carbocycles. The molecule has 0 heterocycles. The van der Waals surface area contributed by atoms with Gasteiger partial charge in [-0.05, 0) is 5.56 Å². The van der Waals surface area contributed by atoms with Gasteiger partial charge in [0.1, 0.15) is 0 Å². The SMILES string of the molecule is CN(C)C(N)=NCc1ccccc1.O=S(=O)(O)O. The van der Waals surface area contributed by atoms with Crippen molar-refractivity contribution in [3.63, 3.8) is 0 Å². The second-order valence-corrected chi connectivity index (χ2v) is 4.40. The molecular weight excluding hydrogens is 258 g/mol. The number of rotatable bonds is 2. The second-order valence-electron chi connectivity index (χ2n) is 3.50. The van der Waals surface area contributed by atoms with E-state index in [1.165, 1.54) is 5.56 Å². The lowest BCUT2D eigenvalue weighted by atomic mass is 10.2. The van der Waals surface area contributed by atoms with Gasteiger partial charge in [0.15, 0.2) is 5.96 Å². The maximum absolute atomic E-state index is 8.74. The van der Waals surface area contributed by atoms with Gasteiger partial charge >= 0.3 is 10.4 Å². The molecular formula is C10H17N3O4S. The van der Waals surface area contributed by atoms with Gasteiger partial charge in [-0.1, -0.05) is 30.3 Å². The van der Waals surface area contributed by atoms with Gasteiger partial charge in [0, 0.05) is 14.1 Å². The molecule has 7 nitrogen and oxygen atoms in total. The van der Waals surface area contributed by atoms with E-state index in [1.54, 1.807) is 4.90 Å². The predicted octanol–water partition coefficient (Wildman–Crippen LogP) is 0.410. The topological polar surface area (TPSA) is 116 Å². The van der Waals surface area contributed by atoms with E-state index in [4.69, 9.17) is 23.3 Å². The summed E-state index contributed by atoms with van der Waals surface area (Å²) < 4.78 is 31.6. The highest BCUT2D eigenvalue weighted by Gasteiger charge is 1.93. The Labute approximate surface area is 107 Å². The molecule has 1 rings (SSSR count). The van der Waals surface area contributed by atoms with Crippen molar-refractivity contribution in [2.45, 2.75) is 6.54 Å². The Morgan fingerprint density at radius 2 is 1.72 bits per heavy atom. The molecule has 0 radical (unpaired) electrons. The van der Waals surface area contributed by atoms with Gasteiger partial charge in [0.25, 0.3) is 0 Å². The molecule has 0 aliphatic carbocycles. The number of nitrogens with two attached hydrogens (primary N) is 1. The van der Waals surface area contributed by atoms with Crippen LogP contribution >= 0.6 is 0 Å². The standard InChI is InChI=1S/C10H15N3.H2O4S/c1-13(2)10(11)12-8-9-6-4-3-5-7-9;1-5(2,3)4/h3-7H,8H2,1-2H3,(H2,11,12);(H2,1,2,3,4). The van der Waals surface area contributed by atoms with Crippen LogP contribution in [0.15, 0.2) is 35.3 Å². The smallest absolute Gasteiger partial charge is 0.370 e. The van der Waals surface area contributed by atoms with Crippen molar-refractivity contribution >= 4 is 16.4 Å². The quantitative estimate of drug-likeness (QED) is 0.409. The van der Waals surface area contributed by atoms with Gasteiger partial charge in [-0.15, -0.1) is 0 Å². The van der Waals surface area contributed by atoms with Gasteiger partial charge in [0.2, 0.25) is 0 Å². The lowest BCUT2D eigenvalue weighted by Crippen LogP contribution is -2.30. The van der Waals surface area contributed by atoms with Crippen molar-refractivity contribution in [2.75, 3.05) is 14.1 Å². The fourth-order valence-corrected chi connectivity index (χ4v) is 0.897. The van der Waals surface area contributed by atoms with Gasteiger partial charge in [-0.25, -0.2) is 4.99 Å². The summed E-state index contributed by atoms with van der Waals surface area (Å²) in [4.78, 5) is 6.01. The van der Waals surface area contributed by atoms with Gasteiger partial charge in [0.05, 0.1) is 6.54 Å². The van der Waals surface area contributed by atoms with Crippen LogP contribution in [0.5, 0.6) is 0 Å². The first-order valence-electron chi connectivity index (χ1n) is 4.91. The van der Waals surface area contributed by atoms with Crippen LogP contribution in [0.2, 0.25) is 0 Å². The van der Waals surface area contributed by atoms with E-state index in [0.717, 1.165) is 0 Å². The molecule has 0 amide bonds. The van der Waals surface area contributed by atoms with Crippen LogP contribution in [0.4, 0.5) is 0 Å². The fourth-order valence-electron chi connectivity index (χ4n) is 0.897. The van der Waals surface area contributed by atoms with Crippen LogP contribution in [-0.4, -0.2) is 42.5 Å². The van der Waals surface area contributed by atoms with Gasteiger partial charge in [-0.3, -0.25) is 9.11 Å². The largest absolute Gasteiger partial charge is 0.394 e. The molecule has 0 bridgehead atoms. The molecule has 0 aliphatic heterocycles. The maximum atomic E-state index is 8.74. The summed E-state index contributed by atoms with van der Waals surface area (Å²) >= 11 is 0. The second kappa shape index (κ2) is 7.64. The zero-order valence-electron chi connectivity index (χ0n) is 10.2. The third-order valence-electron chi connectivity index (χ3n) is 1.72. The highest BCUT2D eigenvalue weighted by atomic mass is 32.3. The first-order valence-corrected chi connectivity index (χ1v) is 6.31. The summed E-state index contributed by atoms with van der Waals surface area (Å²) in [6.07, 6.45) is 0. The van der Waals surface area contributed by atoms with Gasteiger partial charge in [-0.2, -0.15) is 8.42 Å². The van der Waals surface area contributed by atoms with E-state index in [1.807, 2.05) is 44.4 Å². The Morgan fingerprint density at radius 1 is 1.28 bits per heavy atom. The molecule has 0 aliphatic rings. The maximum Gasteiger partial charge on any atom is 0.394 e. The lowest BCUT2D eigenvalue weighted by molar-refractivity contribution is 0.381. The summed E-state index contributed by atoms with van der Waals surface area (Å²) in [7, 11) is -0.909. The van der Waals surface area contributed by atoms with Crippen molar-refractivity contribution in [1.82, 2.24) is 4.90 Å². The number of hydrogen-bond acceptors (Lipinski definition) is 3. The van der Waals surface area contributed by atoms with Crippen LogP contribution in [0.1, 0.15) is 5.56 Å². The Morgan fingerprint density at radius 3 is 2.11 bits per heavy atom. The number of hydrogen-bond donors (Lipinski definition) is 3. The minimum atomic E-state index is -4.67. The molecule has 0 spiro atoms. The lowest BCUT2D eigenvalue weighted by Gasteiger charge is -2.10.